The molecule has 0 amide bonds. The van der Waals surface area contributed by atoms with Gasteiger partial charge in [-0.3, -0.25) is 0 Å². The highest BCUT2D eigenvalue weighted by Gasteiger charge is 2.15. The lowest BCUT2D eigenvalue weighted by atomic mass is 10.0. The molecule has 114 valence electrons. The first kappa shape index (κ1) is 17.5. The predicted molar refractivity (Wildman–Crippen MR) is 93.4 cm³/mol. The lowest BCUT2D eigenvalue weighted by Gasteiger charge is -2.31. The maximum atomic E-state index is 6.00. The summed E-state index contributed by atoms with van der Waals surface area (Å²) >= 11 is 3.61. The molecule has 0 heterocycles. The minimum atomic E-state index is 0.190. The summed E-state index contributed by atoms with van der Waals surface area (Å²) in [7, 11) is 0. The molecule has 3 heteroatoms. The van der Waals surface area contributed by atoms with Gasteiger partial charge >= 0.3 is 0 Å². The first-order valence-electron chi connectivity index (χ1n) is 7.58. The molecule has 2 nitrogen and oxygen atoms in total. The van der Waals surface area contributed by atoms with Crippen LogP contribution in [-0.4, -0.2) is 19.1 Å². The van der Waals surface area contributed by atoms with E-state index in [0.717, 1.165) is 24.0 Å². The van der Waals surface area contributed by atoms with E-state index in [1.54, 1.807) is 0 Å². The second-order valence-corrected chi connectivity index (χ2v) is 7.56. The van der Waals surface area contributed by atoms with Crippen LogP contribution in [0, 0.1) is 11.8 Å². The largest absolute Gasteiger partial charge is 0.371 e. The molecule has 0 spiro atoms. The Hall–Kier alpha value is -0.540. The number of benzene rings is 1. The van der Waals surface area contributed by atoms with E-state index in [-0.39, 0.29) is 6.04 Å². The van der Waals surface area contributed by atoms with Crippen LogP contribution in [0.1, 0.15) is 40.2 Å². The topological polar surface area (TPSA) is 29.3 Å². The third kappa shape index (κ3) is 5.84. The van der Waals surface area contributed by atoms with Crippen molar-refractivity contribution in [2.75, 3.05) is 18.0 Å². The van der Waals surface area contributed by atoms with E-state index in [1.807, 2.05) is 0 Å². The average Bonchev–Trinajstić information content (AvgIpc) is 2.28. The van der Waals surface area contributed by atoms with Gasteiger partial charge in [0.2, 0.25) is 0 Å². The van der Waals surface area contributed by atoms with E-state index in [9.17, 15) is 0 Å². The van der Waals surface area contributed by atoms with Crippen molar-refractivity contribution in [3.8, 4) is 0 Å². The molecular formula is C17H29BrN2. The Labute approximate surface area is 132 Å². The van der Waals surface area contributed by atoms with Crippen LogP contribution >= 0.6 is 15.9 Å². The van der Waals surface area contributed by atoms with E-state index in [1.165, 1.54) is 11.3 Å². The number of hydrogen-bond donors (Lipinski definition) is 1. The van der Waals surface area contributed by atoms with Gasteiger partial charge in [-0.25, -0.2) is 0 Å². The van der Waals surface area contributed by atoms with Gasteiger partial charge in [0.1, 0.15) is 0 Å². The summed E-state index contributed by atoms with van der Waals surface area (Å²) in [6, 6.07) is 6.75. The quantitative estimate of drug-likeness (QED) is 0.793. The molecule has 0 radical (unpaired) electrons. The minimum Gasteiger partial charge on any atom is -0.371 e. The maximum absolute atomic E-state index is 6.00. The van der Waals surface area contributed by atoms with Crippen LogP contribution in [0.25, 0.3) is 0 Å². The molecule has 0 aromatic heterocycles. The Morgan fingerprint density at radius 1 is 1.05 bits per heavy atom. The number of halogens is 1. The summed E-state index contributed by atoms with van der Waals surface area (Å²) in [6.45, 7) is 13.3. The number of nitrogens with zero attached hydrogens (tertiary/aromatic N) is 1. The van der Waals surface area contributed by atoms with Crippen LogP contribution in [0.2, 0.25) is 0 Å². The molecular weight excluding hydrogens is 312 g/mol. The Morgan fingerprint density at radius 3 is 2.05 bits per heavy atom. The molecule has 1 rings (SSSR count). The van der Waals surface area contributed by atoms with Crippen molar-refractivity contribution in [3.05, 3.63) is 28.2 Å². The van der Waals surface area contributed by atoms with Crippen molar-refractivity contribution in [2.24, 2.45) is 17.6 Å². The first-order chi connectivity index (χ1) is 9.29. The van der Waals surface area contributed by atoms with Gasteiger partial charge in [0.15, 0.2) is 0 Å². The van der Waals surface area contributed by atoms with Crippen LogP contribution in [0.15, 0.2) is 22.7 Å². The van der Waals surface area contributed by atoms with Crippen LogP contribution in [0.4, 0.5) is 5.69 Å². The lowest BCUT2D eigenvalue weighted by Crippen LogP contribution is -2.32. The highest BCUT2D eigenvalue weighted by Crippen LogP contribution is 2.27. The molecule has 0 saturated heterocycles. The average molecular weight is 341 g/mol. The van der Waals surface area contributed by atoms with Crippen molar-refractivity contribution in [3.63, 3.8) is 0 Å². The fourth-order valence-electron chi connectivity index (χ4n) is 2.50. The van der Waals surface area contributed by atoms with Gasteiger partial charge in [-0.05, 0) is 42.9 Å². The van der Waals surface area contributed by atoms with E-state index in [2.05, 4.69) is 73.6 Å². The summed E-state index contributed by atoms with van der Waals surface area (Å²) in [6.07, 6.45) is 0.926. The van der Waals surface area contributed by atoms with Gasteiger partial charge in [0.25, 0.3) is 0 Å². The molecule has 0 fully saturated rings. The molecule has 0 bridgehead atoms. The van der Waals surface area contributed by atoms with Gasteiger partial charge < -0.3 is 10.6 Å². The third-order valence-corrected chi connectivity index (χ3v) is 3.59. The summed E-state index contributed by atoms with van der Waals surface area (Å²) < 4.78 is 1.14. The summed E-state index contributed by atoms with van der Waals surface area (Å²) in [5.41, 5.74) is 8.69. The number of nitrogens with two attached hydrogens (primary N) is 1. The number of hydrogen-bond acceptors (Lipinski definition) is 2. The highest BCUT2D eigenvalue weighted by atomic mass is 79.9. The molecule has 20 heavy (non-hydrogen) atoms. The molecule has 1 aromatic carbocycles. The Kier molecular flexibility index (Phi) is 7.04. The smallest absolute Gasteiger partial charge is 0.0410 e. The van der Waals surface area contributed by atoms with Gasteiger partial charge in [-0.2, -0.15) is 0 Å². The van der Waals surface area contributed by atoms with Crippen molar-refractivity contribution >= 4 is 21.6 Å². The highest BCUT2D eigenvalue weighted by molar-refractivity contribution is 9.10. The predicted octanol–water partition coefficient (Wildman–Crippen LogP) is 4.46. The normalized spacial score (nSPS) is 13.1. The molecule has 1 atom stereocenters. The van der Waals surface area contributed by atoms with E-state index in [4.69, 9.17) is 5.73 Å². The molecule has 0 aliphatic heterocycles. The van der Waals surface area contributed by atoms with Crippen LogP contribution in [-0.2, 0) is 6.42 Å². The van der Waals surface area contributed by atoms with E-state index >= 15 is 0 Å². The van der Waals surface area contributed by atoms with Crippen LogP contribution in [0.3, 0.4) is 0 Å². The second-order valence-electron chi connectivity index (χ2n) is 6.65. The molecule has 1 aromatic rings. The first-order valence-corrected chi connectivity index (χ1v) is 8.37. The Bertz CT molecular complexity index is 403. The molecule has 0 aliphatic carbocycles. The molecule has 2 N–H and O–H groups in total. The number of rotatable bonds is 7. The maximum Gasteiger partial charge on any atom is 0.0410 e. The fourth-order valence-corrected chi connectivity index (χ4v) is 2.85. The zero-order valence-electron chi connectivity index (χ0n) is 13.5. The molecule has 0 aliphatic rings. The van der Waals surface area contributed by atoms with Crippen LogP contribution in [0.5, 0.6) is 0 Å². The van der Waals surface area contributed by atoms with Gasteiger partial charge in [0.05, 0.1) is 0 Å². The Balaban J connectivity index is 3.11. The third-order valence-electron chi connectivity index (χ3n) is 3.10. The van der Waals surface area contributed by atoms with Crippen molar-refractivity contribution in [1.29, 1.82) is 0 Å². The fraction of sp³-hybridized carbons (Fsp3) is 0.647. The Morgan fingerprint density at radius 2 is 1.60 bits per heavy atom. The minimum absolute atomic E-state index is 0.190. The molecule has 0 saturated carbocycles. The monoisotopic (exact) mass is 340 g/mol. The van der Waals surface area contributed by atoms with Crippen LogP contribution < -0.4 is 10.6 Å². The molecule has 1 unspecified atom stereocenters. The zero-order valence-corrected chi connectivity index (χ0v) is 15.1. The van der Waals surface area contributed by atoms with Crippen molar-refractivity contribution < 1.29 is 0 Å². The summed E-state index contributed by atoms with van der Waals surface area (Å²) in [5, 5.41) is 0. The van der Waals surface area contributed by atoms with E-state index in [0.29, 0.717) is 11.8 Å². The van der Waals surface area contributed by atoms with Crippen molar-refractivity contribution in [1.82, 2.24) is 0 Å². The number of anilines is 1. The summed E-state index contributed by atoms with van der Waals surface area (Å²) in [4.78, 5) is 2.51. The zero-order chi connectivity index (χ0) is 15.3. The lowest BCUT2D eigenvalue weighted by molar-refractivity contribution is 0.550. The van der Waals surface area contributed by atoms with Gasteiger partial charge in [-0.1, -0.05) is 49.7 Å². The summed E-state index contributed by atoms with van der Waals surface area (Å²) in [5.74, 6) is 1.30. The standard InChI is InChI=1S/C17H29BrN2/c1-12(2)10-20(11-13(3)4)17-9-16(18)7-6-15(17)8-14(5)19/h6-7,9,12-14H,8,10-11,19H2,1-5H3. The SMILES string of the molecule is CC(C)CN(CC(C)C)c1cc(Br)ccc1CC(C)N. The van der Waals surface area contributed by atoms with Gasteiger partial charge in [0, 0.05) is 29.3 Å². The second kappa shape index (κ2) is 8.04. The van der Waals surface area contributed by atoms with Gasteiger partial charge in [-0.15, -0.1) is 0 Å². The van der Waals surface area contributed by atoms with E-state index < -0.39 is 0 Å². The van der Waals surface area contributed by atoms with Crippen molar-refractivity contribution in [2.45, 2.75) is 47.1 Å².